The molecular weight excluding hydrogens is 372 g/mol. The Hall–Kier alpha value is -0.510. The predicted molar refractivity (Wildman–Crippen MR) is 104 cm³/mol. The van der Waals surface area contributed by atoms with Gasteiger partial charge in [-0.05, 0) is 52.9 Å². The molecule has 0 aromatic heterocycles. The predicted octanol–water partition coefficient (Wildman–Crippen LogP) is 1.21. The van der Waals surface area contributed by atoms with Gasteiger partial charge in [-0.2, -0.15) is 0 Å². The number of fused-ring (bicyclic) bond motifs is 1. The van der Waals surface area contributed by atoms with Gasteiger partial charge in [-0.1, -0.05) is 0 Å². The van der Waals surface area contributed by atoms with Crippen molar-refractivity contribution in [1.82, 2.24) is 20.3 Å². The lowest BCUT2D eigenvalue weighted by atomic mass is 9.90. The Balaban J connectivity index is 1.40. The van der Waals surface area contributed by atoms with E-state index >= 15 is 0 Å². The quantitative estimate of drug-likeness (QED) is 0.643. The Labute approximate surface area is 160 Å². The molecule has 6 atom stereocenters. The molecule has 0 spiro atoms. The molecule has 0 aromatic carbocycles. The molecule has 0 radical (unpaired) electrons. The Morgan fingerprint density at radius 2 is 2.04 bits per heavy atom. The zero-order valence-electron chi connectivity index (χ0n) is 15.7. The van der Waals surface area contributed by atoms with Crippen molar-refractivity contribution in [3.05, 3.63) is 0 Å². The van der Waals surface area contributed by atoms with Gasteiger partial charge in [-0.3, -0.25) is 0 Å². The number of nitrogens with zero attached hydrogens (tertiary/aromatic N) is 1. The molecule has 0 aromatic rings. The molecule has 2 heterocycles. The van der Waals surface area contributed by atoms with Gasteiger partial charge in [0.2, 0.25) is 10.0 Å². The third-order valence-electron chi connectivity index (χ3n) is 6.37. The monoisotopic (exact) mass is 402 g/mol. The highest BCUT2D eigenvalue weighted by Gasteiger charge is 2.49. The van der Waals surface area contributed by atoms with Gasteiger partial charge in [0.05, 0.1) is 22.7 Å². The first-order chi connectivity index (χ1) is 12.2. The number of thioether (sulfide) groups is 1. The van der Waals surface area contributed by atoms with Crippen LogP contribution in [0.1, 0.15) is 52.9 Å². The zero-order valence-corrected chi connectivity index (χ0v) is 17.3. The van der Waals surface area contributed by atoms with Crippen LogP contribution >= 0.6 is 11.8 Å². The molecule has 3 N–H and O–H groups in total. The van der Waals surface area contributed by atoms with E-state index in [0.717, 1.165) is 25.8 Å². The van der Waals surface area contributed by atoms with E-state index in [4.69, 9.17) is 0 Å². The third-order valence-corrected chi connectivity index (χ3v) is 9.91. The van der Waals surface area contributed by atoms with Crippen molar-refractivity contribution in [3.63, 3.8) is 0 Å². The molecule has 148 valence electrons. The summed E-state index contributed by atoms with van der Waals surface area (Å²) in [7, 11) is -3.32. The van der Waals surface area contributed by atoms with Crippen LogP contribution in [-0.4, -0.2) is 65.4 Å². The van der Waals surface area contributed by atoms with Crippen LogP contribution in [0, 0.1) is 0 Å². The van der Waals surface area contributed by atoms with Gasteiger partial charge < -0.3 is 15.5 Å². The fourth-order valence-corrected chi connectivity index (χ4v) is 7.89. The molecule has 2 saturated carbocycles. The van der Waals surface area contributed by atoms with Gasteiger partial charge in [0.15, 0.2) is 0 Å². The number of carbonyl (C=O) groups is 1. The smallest absolute Gasteiger partial charge is 0.318 e. The zero-order chi connectivity index (χ0) is 18.7. The van der Waals surface area contributed by atoms with Crippen LogP contribution in [0.25, 0.3) is 0 Å². The molecular formula is C17H30N4O3S2. The van der Waals surface area contributed by atoms with Crippen molar-refractivity contribution >= 4 is 27.8 Å². The summed E-state index contributed by atoms with van der Waals surface area (Å²) in [5.41, 5.74) is -0.236. The highest BCUT2D eigenvalue weighted by molar-refractivity contribution is 8.00. The summed E-state index contributed by atoms with van der Waals surface area (Å²) in [6.07, 6.45) is 3.72. The van der Waals surface area contributed by atoms with Crippen molar-refractivity contribution in [1.29, 1.82) is 0 Å². The molecule has 2 aliphatic carbocycles. The van der Waals surface area contributed by atoms with E-state index < -0.39 is 15.3 Å². The largest absolute Gasteiger partial charge is 0.333 e. The first kappa shape index (κ1) is 18.8. The molecule has 9 heteroatoms. The highest BCUT2D eigenvalue weighted by atomic mass is 32.2. The fourth-order valence-electron chi connectivity index (χ4n) is 4.54. The number of rotatable bonds is 5. The molecule has 4 rings (SSSR count). The second-order valence-corrected chi connectivity index (χ2v) is 12.2. The van der Waals surface area contributed by atoms with E-state index in [2.05, 4.69) is 29.2 Å². The second-order valence-electron chi connectivity index (χ2n) is 8.69. The summed E-state index contributed by atoms with van der Waals surface area (Å²) in [5, 5.41) is 6.94. The molecule has 2 aliphatic heterocycles. The minimum absolute atomic E-state index is 0.0347. The molecule has 2 saturated heterocycles. The Kier molecular flexibility index (Phi) is 4.73. The minimum atomic E-state index is -3.32. The summed E-state index contributed by atoms with van der Waals surface area (Å²) in [6, 6.07) is 0.403. The average molecular weight is 403 g/mol. The van der Waals surface area contributed by atoms with Crippen LogP contribution in [-0.2, 0) is 10.0 Å². The minimum Gasteiger partial charge on any atom is -0.333 e. The van der Waals surface area contributed by atoms with Crippen LogP contribution in [0.15, 0.2) is 0 Å². The van der Waals surface area contributed by atoms with Crippen LogP contribution in [0.3, 0.4) is 0 Å². The molecule has 0 bridgehead atoms. The van der Waals surface area contributed by atoms with Gasteiger partial charge in [-0.25, -0.2) is 17.9 Å². The van der Waals surface area contributed by atoms with E-state index in [9.17, 15) is 13.2 Å². The highest BCUT2D eigenvalue weighted by Crippen LogP contribution is 2.38. The van der Waals surface area contributed by atoms with Gasteiger partial charge in [0, 0.05) is 23.4 Å². The maximum Gasteiger partial charge on any atom is 0.318 e. The van der Waals surface area contributed by atoms with Crippen LogP contribution in [0.5, 0.6) is 0 Å². The lowest BCUT2D eigenvalue weighted by molar-refractivity contribution is 0.189. The molecule has 26 heavy (non-hydrogen) atoms. The summed E-state index contributed by atoms with van der Waals surface area (Å²) >= 11 is 1.88. The fraction of sp³-hybridized carbons (Fsp3) is 0.941. The number of hydrogen-bond donors (Lipinski definition) is 3. The molecule has 4 fully saturated rings. The average Bonchev–Trinajstić information content (AvgIpc) is 3.05. The molecule has 2 amide bonds. The number of carbonyl (C=O) groups excluding carboxylic acids is 1. The van der Waals surface area contributed by atoms with E-state index in [0.29, 0.717) is 29.5 Å². The number of sulfonamides is 1. The van der Waals surface area contributed by atoms with Crippen LogP contribution in [0.2, 0.25) is 0 Å². The van der Waals surface area contributed by atoms with E-state index in [-0.39, 0.29) is 23.7 Å². The van der Waals surface area contributed by atoms with E-state index in [1.165, 1.54) is 0 Å². The van der Waals surface area contributed by atoms with Crippen molar-refractivity contribution in [2.24, 2.45) is 0 Å². The summed E-state index contributed by atoms with van der Waals surface area (Å²) in [6.45, 7) is 7.01. The first-order valence-corrected chi connectivity index (χ1v) is 12.2. The standard InChI is InChI=1S/C17H30N4O3S2/c1-10-15(25-11(2)18-10)9-21-14-5-4-12(8-13(14)19-16(21)22)26(23,24)20-17(3)6-7-17/h10-15,18,20H,4-9H2,1-3H3,(H,19,22). The van der Waals surface area contributed by atoms with Crippen molar-refractivity contribution in [2.75, 3.05) is 6.54 Å². The summed E-state index contributed by atoms with van der Waals surface area (Å²) in [4.78, 5) is 14.5. The molecule has 4 aliphatic rings. The maximum atomic E-state index is 12.7. The summed E-state index contributed by atoms with van der Waals surface area (Å²) in [5.74, 6) is 0. The maximum absolute atomic E-state index is 12.7. The lowest BCUT2D eigenvalue weighted by Crippen LogP contribution is -2.50. The molecule has 7 nitrogen and oxygen atoms in total. The van der Waals surface area contributed by atoms with Gasteiger partial charge in [0.25, 0.3) is 0 Å². The first-order valence-electron chi connectivity index (χ1n) is 9.68. The van der Waals surface area contributed by atoms with Crippen LogP contribution in [0.4, 0.5) is 4.79 Å². The van der Waals surface area contributed by atoms with Crippen molar-refractivity contribution in [2.45, 2.75) is 92.4 Å². The SMILES string of the molecule is CC1NC(C)C(CN2C(=O)NC3CC(S(=O)(=O)NC4(C)CC4)CCC32)S1. The van der Waals surface area contributed by atoms with E-state index in [1.54, 1.807) is 0 Å². The van der Waals surface area contributed by atoms with Crippen molar-refractivity contribution in [3.8, 4) is 0 Å². The van der Waals surface area contributed by atoms with E-state index in [1.807, 2.05) is 23.6 Å². The molecule has 6 unspecified atom stereocenters. The van der Waals surface area contributed by atoms with Gasteiger partial charge >= 0.3 is 6.03 Å². The number of amides is 2. The Morgan fingerprint density at radius 1 is 1.31 bits per heavy atom. The summed E-state index contributed by atoms with van der Waals surface area (Å²) < 4.78 is 28.3. The van der Waals surface area contributed by atoms with Crippen LogP contribution < -0.4 is 15.4 Å². The topological polar surface area (TPSA) is 90.5 Å². The number of hydrogen-bond acceptors (Lipinski definition) is 5. The third kappa shape index (κ3) is 3.59. The lowest BCUT2D eigenvalue weighted by Gasteiger charge is -2.35. The number of nitrogens with one attached hydrogen (secondary N) is 3. The van der Waals surface area contributed by atoms with Gasteiger partial charge in [-0.15, -0.1) is 11.8 Å². The Bertz CT molecular complexity index is 681. The van der Waals surface area contributed by atoms with Crippen molar-refractivity contribution < 1.29 is 13.2 Å². The number of urea groups is 1. The van der Waals surface area contributed by atoms with Gasteiger partial charge in [0.1, 0.15) is 0 Å². The normalized spacial score (nSPS) is 41.8. The second kappa shape index (κ2) is 6.53. The Morgan fingerprint density at radius 3 is 2.65 bits per heavy atom.